The molecule has 1 N–H and O–H groups in total. The zero-order chi connectivity index (χ0) is 10.9. The summed E-state index contributed by atoms with van der Waals surface area (Å²) in [6, 6.07) is 0. The Morgan fingerprint density at radius 3 is 2.79 bits per heavy atom. The first kappa shape index (κ1) is 13.0. The van der Waals surface area contributed by atoms with Crippen LogP contribution >= 0.6 is 43.5 Å². The highest BCUT2D eigenvalue weighted by atomic mass is 79.9. The van der Waals surface area contributed by atoms with Crippen molar-refractivity contribution in [2.45, 2.75) is 36.6 Å². The summed E-state index contributed by atoms with van der Waals surface area (Å²) in [7, 11) is 0. The molecule has 1 aliphatic carbocycles. The van der Waals surface area contributed by atoms with E-state index in [2.05, 4.69) is 51.8 Å². The van der Waals surface area contributed by atoms with Gasteiger partial charge in [-0.1, -0.05) is 51.8 Å². The quantitative estimate of drug-likeness (QED) is 0.600. The third kappa shape index (κ3) is 2.75. The molecule has 1 unspecified atom stereocenters. The van der Waals surface area contributed by atoms with Gasteiger partial charge in [0.2, 0.25) is 0 Å². The molecular formula is C10H15Br2ClO. The highest BCUT2D eigenvalue weighted by Crippen LogP contribution is 2.40. The minimum absolute atomic E-state index is 0.0594. The van der Waals surface area contributed by atoms with Crippen LogP contribution in [0.5, 0.6) is 0 Å². The van der Waals surface area contributed by atoms with Crippen molar-refractivity contribution in [3.63, 3.8) is 0 Å². The van der Waals surface area contributed by atoms with E-state index in [1.54, 1.807) is 0 Å². The molecule has 0 amide bonds. The molecule has 1 rings (SSSR count). The van der Waals surface area contributed by atoms with Gasteiger partial charge >= 0.3 is 0 Å². The molecule has 0 spiro atoms. The summed E-state index contributed by atoms with van der Waals surface area (Å²) in [5.74, 6) is 0. The Morgan fingerprint density at radius 1 is 1.71 bits per heavy atom. The van der Waals surface area contributed by atoms with Crippen molar-refractivity contribution < 1.29 is 5.11 Å². The summed E-state index contributed by atoms with van der Waals surface area (Å²) in [5, 5.41) is 10.4. The number of aliphatic hydroxyl groups is 1. The van der Waals surface area contributed by atoms with Crippen LogP contribution in [-0.2, 0) is 0 Å². The van der Waals surface area contributed by atoms with E-state index in [-0.39, 0.29) is 10.8 Å². The molecule has 14 heavy (non-hydrogen) atoms. The van der Waals surface area contributed by atoms with Crippen LogP contribution in [0.2, 0.25) is 0 Å². The lowest BCUT2D eigenvalue weighted by Gasteiger charge is -2.37. The maximum atomic E-state index is 9.87. The fraction of sp³-hybridized carbons (Fsp3) is 0.800. The van der Waals surface area contributed by atoms with E-state index < -0.39 is 6.10 Å². The molecular weight excluding hydrogens is 331 g/mol. The summed E-state index contributed by atoms with van der Waals surface area (Å²) >= 11 is 13.0. The van der Waals surface area contributed by atoms with Gasteiger partial charge in [0.05, 0.1) is 11.5 Å². The zero-order valence-corrected chi connectivity index (χ0v) is 12.2. The normalized spacial score (nSPS) is 33.7. The van der Waals surface area contributed by atoms with E-state index in [9.17, 15) is 5.11 Å². The highest BCUT2D eigenvalue weighted by molar-refractivity contribution is 9.09. The lowest BCUT2D eigenvalue weighted by molar-refractivity contribution is 0.170. The second-order valence-corrected chi connectivity index (χ2v) is 6.59. The van der Waals surface area contributed by atoms with Crippen molar-refractivity contribution in [3.05, 3.63) is 11.6 Å². The van der Waals surface area contributed by atoms with Crippen LogP contribution in [0.1, 0.15) is 20.3 Å². The maximum absolute atomic E-state index is 9.87. The molecule has 82 valence electrons. The van der Waals surface area contributed by atoms with Crippen LogP contribution in [0.4, 0.5) is 0 Å². The zero-order valence-electron chi connectivity index (χ0n) is 8.30. The van der Waals surface area contributed by atoms with E-state index in [4.69, 9.17) is 11.6 Å². The molecule has 0 aromatic carbocycles. The van der Waals surface area contributed by atoms with Crippen molar-refractivity contribution in [3.8, 4) is 0 Å². The second-order valence-electron chi connectivity index (χ2n) is 4.31. The standard InChI is InChI=1S/C10H15Br2ClO/c1-10(2)4-6(7(13)5-11)8(14)3-9(10)12/h4,7-9,14H,3,5H2,1-2H3/t7?,8-,9+/m1/s1. The van der Waals surface area contributed by atoms with E-state index in [0.29, 0.717) is 10.2 Å². The number of aliphatic hydroxyl groups excluding tert-OH is 1. The van der Waals surface area contributed by atoms with Crippen molar-refractivity contribution in [2.24, 2.45) is 5.41 Å². The van der Waals surface area contributed by atoms with E-state index in [1.165, 1.54) is 0 Å². The fourth-order valence-corrected chi connectivity index (χ4v) is 2.71. The van der Waals surface area contributed by atoms with Gasteiger partial charge in [-0.25, -0.2) is 0 Å². The number of hydrogen-bond acceptors (Lipinski definition) is 1. The van der Waals surface area contributed by atoms with Crippen LogP contribution in [0.25, 0.3) is 0 Å². The number of alkyl halides is 3. The third-order valence-corrected chi connectivity index (χ3v) is 5.64. The van der Waals surface area contributed by atoms with E-state index in [1.807, 2.05) is 0 Å². The molecule has 3 atom stereocenters. The van der Waals surface area contributed by atoms with Crippen molar-refractivity contribution in [2.75, 3.05) is 5.33 Å². The highest BCUT2D eigenvalue weighted by Gasteiger charge is 2.35. The summed E-state index contributed by atoms with van der Waals surface area (Å²) < 4.78 is 0. The predicted octanol–water partition coefficient (Wildman–Crippen LogP) is 3.47. The summed E-state index contributed by atoms with van der Waals surface area (Å²) in [6.45, 7) is 4.30. The molecule has 4 heteroatoms. The van der Waals surface area contributed by atoms with Crippen LogP contribution in [-0.4, -0.2) is 26.7 Å². The number of allylic oxidation sites excluding steroid dienone is 1. The Balaban J connectivity index is 2.93. The van der Waals surface area contributed by atoms with Gasteiger partial charge in [0.15, 0.2) is 0 Å². The molecule has 0 heterocycles. The first-order chi connectivity index (χ1) is 6.38. The first-order valence-electron chi connectivity index (χ1n) is 4.63. The number of halogens is 3. The van der Waals surface area contributed by atoms with E-state index in [0.717, 1.165) is 12.0 Å². The topological polar surface area (TPSA) is 20.2 Å². The van der Waals surface area contributed by atoms with Gasteiger partial charge in [0, 0.05) is 10.2 Å². The number of hydrogen-bond donors (Lipinski definition) is 1. The minimum atomic E-state index is -0.410. The maximum Gasteiger partial charge on any atom is 0.0775 e. The molecule has 1 nitrogen and oxygen atoms in total. The van der Waals surface area contributed by atoms with E-state index >= 15 is 0 Å². The lowest BCUT2D eigenvalue weighted by atomic mass is 9.77. The van der Waals surface area contributed by atoms with Crippen LogP contribution in [0, 0.1) is 5.41 Å². The Kier molecular flexibility index (Phi) is 4.51. The van der Waals surface area contributed by atoms with Gasteiger partial charge in [-0.15, -0.1) is 11.6 Å². The Morgan fingerprint density at radius 2 is 2.29 bits per heavy atom. The first-order valence-corrected chi connectivity index (χ1v) is 7.10. The van der Waals surface area contributed by atoms with Crippen molar-refractivity contribution in [1.82, 2.24) is 0 Å². The van der Waals surface area contributed by atoms with Gasteiger partial charge in [-0.2, -0.15) is 0 Å². The van der Waals surface area contributed by atoms with Crippen LogP contribution < -0.4 is 0 Å². The predicted molar refractivity (Wildman–Crippen MR) is 68.6 cm³/mol. The van der Waals surface area contributed by atoms with Crippen molar-refractivity contribution in [1.29, 1.82) is 0 Å². The SMILES string of the molecule is CC1(C)C=C(C(Cl)CBr)[C@H](O)C[C@@H]1Br. The molecule has 1 aliphatic rings. The molecule has 0 aromatic rings. The lowest BCUT2D eigenvalue weighted by Crippen LogP contribution is -2.36. The molecule has 0 saturated heterocycles. The molecule has 0 aliphatic heterocycles. The molecule has 0 aromatic heterocycles. The Bertz CT molecular complexity index is 240. The monoisotopic (exact) mass is 344 g/mol. The molecule has 0 saturated carbocycles. The van der Waals surface area contributed by atoms with Gasteiger partial charge in [0.25, 0.3) is 0 Å². The number of rotatable bonds is 2. The third-order valence-electron chi connectivity index (χ3n) is 2.66. The van der Waals surface area contributed by atoms with Gasteiger partial charge in [-0.05, 0) is 17.4 Å². The van der Waals surface area contributed by atoms with Crippen molar-refractivity contribution >= 4 is 43.5 Å². The Labute approximate surface area is 107 Å². The second kappa shape index (κ2) is 4.86. The molecule has 0 radical (unpaired) electrons. The average Bonchev–Trinajstić information content (AvgIpc) is 2.10. The molecule has 0 bridgehead atoms. The smallest absolute Gasteiger partial charge is 0.0775 e. The van der Waals surface area contributed by atoms with Crippen LogP contribution in [0.15, 0.2) is 11.6 Å². The van der Waals surface area contributed by atoms with Crippen LogP contribution in [0.3, 0.4) is 0 Å². The average molecular weight is 346 g/mol. The minimum Gasteiger partial charge on any atom is -0.389 e. The largest absolute Gasteiger partial charge is 0.389 e. The fourth-order valence-electron chi connectivity index (χ4n) is 1.64. The summed E-state index contributed by atoms with van der Waals surface area (Å²) in [5.41, 5.74) is 1.01. The Hall–Kier alpha value is 0.950. The summed E-state index contributed by atoms with van der Waals surface area (Å²) in [6.07, 6.45) is 2.42. The van der Waals surface area contributed by atoms with Gasteiger partial charge in [-0.3, -0.25) is 0 Å². The van der Waals surface area contributed by atoms with Gasteiger partial charge in [0.1, 0.15) is 0 Å². The molecule has 0 fully saturated rings. The van der Waals surface area contributed by atoms with Gasteiger partial charge < -0.3 is 5.11 Å². The summed E-state index contributed by atoms with van der Waals surface area (Å²) in [4.78, 5) is 0.313.